The van der Waals surface area contributed by atoms with Gasteiger partial charge in [0.15, 0.2) is 0 Å². The Morgan fingerprint density at radius 1 is 1.21 bits per heavy atom. The highest BCUT2D eigenvalue weighted by Crippen LogP contribution is 2.33. The fraction of sp³-hybridized carbons (Fsp3) is 0.647. The van der Waals surface area contributed by atoms with Crippen molar-refractivity contribution in [1.82, 2.24) is 5.32 Å². The molecule has 0 heterocycles. The molecule has 1 aliphatic carbocycles. The number of rotatable bonds is 4. The normalized spacial score (nSPS) is 27.7. The van der Waals surface area contributed by atoms with Crippen molar-refractivity contribution in [2.24, 2.45) is 17.8 Å². The first-order chi connectivity index (χ1) is 9.06. The molecule has 0 aliphatic heterocycles. The molecule has 1 saturated carbocycles. The Labute approximate surface area is 122 Å². The molecule has 0 bridgehead atoms. The molecule has 0 amide bonds. The molecule has 1 nitrogen and oxygen atoms in total. The largest absolute Gasteiger partial charge is 0.310 e. The summed E-state index contributed by atoms with van der Waals surface area (Å²) < 4.78 is 0. The molecule has 19 heavy (non-hydrogen) atoms. The number of benzene rings is 1. The first kappa shape index (κ1) is 14.9. The van der Waals surface area contributed by atoms with Gasteiger partial charge in [0.1, 0.15) is 0 Å². The monoisotopic (exact) mass is 279 g/mol. The van der Waals surface area contributed by atoms with E-state index in [0.717, 1.165) is 29.3 Å². The van der Waals surface area contributed by atoms with E-state index in [0.29, 0.717) is 6.04 Å². The third-order valence-corrected chi connectivity index (χ3v) is 4.76. The molecule has 1 aliphatic rings. The smallest absolute Gasteiger partial charge is 0.0406 e. The first-order valence-corrected chi connectivity index (χ1v) is 7.92. The van der Waals surface area contributed by atoms with Gasteiger partial charge in [0.05, 0.1) is 0 Å². The van der Waals surface area contributed by atoms with E-state index >= 15 is 0 Å². The standard InChI is InChI=1S/C17H26ClN/c1-12(2)16-9-4-13(3)10-17(16)19-11-14-5-7-15(18)8-6-14/h5-8,12-13,16-17,19H,4,9-11H2,1-3H3. The fourth-order valence-electron chi connectivity index (χ4n) is 3.29. The van der Waals surface area contributed by atoms with E-state index in [9.17, 15) is 0 Å². The number of hydrogen-bond donors (Lipinski definition) is 1. The summed E-state index contributed by atoms with van der Waals surface area (Å²) in [5.74, 6) is 2.46. The minimum atomic E-state index is 0.666. The summed E-state index contributed by atoms with van der Waals surface area (Å²) in [5.41, 5.74) is 1.32. The Hall–Kier alpha value is -0.530. The second-order valence-corrected chi connectivity index (χ2v) is 6.88. The van der Waals surface area contributed by atoms with Crippen LogP contribution in [0.5, 0.6) is 0 Å². The first-order valence-electron chi connectivity index (χ1n) is 7.54. The van der Waals surface area contributed by atoms with Crippen LogP contribution >= 0.6 is 11.6 Å². The maximum Gasteiger partial charge on any atom is 0.0406 e. The molecule has 2 rings (SSSR count). The van der Waals surface area contributed by atoms with E-state index in [2.05, 4.69) is 38.2 Å². The maximum absolute atomic E-state index is 5.92. The van der Waals surface area contributed by atoms with Crippen LogP contribution in [0, 0.1) is 17.8 Å². The van der Waals surface area contributed by atoms with Crippen LogP contribution in [0.2, 0.25) is 5.02 Å². The van der Waals surface area contributed by atoms with Crippen molar-refractivity contribution in [3.63, 3.8) is 0 Å². The van der Waals surface area contributed by atoms with Gasteiger partial charge in [-0.15, -0.1) is 0 Å². The fourth-order valence-corrected chi connectivity index (χ4v) is 3.41. The summed E-state index contributed by atoms with van der Waals surface area (Å²) >= 11 is 5.92. The topological polar surface area (TPSA) is 12.0 Å². The van der Waals surface area contributed by atoms with Gasteiger partial charge in [-0.25, -0.2) is 0 Å². The second-order valence-electron chi connectivity index (χ2n) is 6.44. The molecule has 106 valence electrons. The van der Waals surface area contributed by atoms with Crippen molar-refractivity contribution in [3.8, 4) is 0 Å². The van der Waals surface area contributed by atoms with Crippen LogP contribution in [0.4, 0.5) is 0 Å². The molecular weight excluding hydrogens is 254 g/mol. The lowest BCUT2D eigenvalue weighted by molar-refractivity contribution is 0.169. The third kappa shape index (κ3) is 4.22. The van der Waals surface area contributed by atoms with E-state index in [-0.39, 0.29) is 0 Å². The van der Waals surface area contributed by atoms with Gasteiger partial charge in [0.2, 0.25) is 0 Å². The van der Waals surface area contributed by atoms with Gasteiger partial charge < -0.3 is 5.32 Å². The van der Waals surface area contributed by atoms with Gasteiger partial charge in [-0.1, -0.05) is 50.9 Å². The zero-order valence-corrected chi connectivity index (χ0v) is 13.1. The van der Waals surface area contributed by atoms with E-state index < -0.39 is 0 Å². The van der Waals surface area contributed by atoms with Crippen molar-refractivity contribution in [3.05, 3.63) is 34.9 Å². The van der Waals surface area contributed by atoms with E-state index in [1.165, 1.54) is 24.8 Å². The van der Waals surface area contributed by atoms with Gasteiger partial charge in [-0.2, -0.15) is 0 Å². The zero-order chi connectivity index (χ0) is 13.8. The average Bonchev–Trinajstić information content (AvgIpc) is 2.38. The summed E-state index contributed by atoms with van der Waals surface area (Å²) in [4.78, 5) is 0. The highest BCUT2D eigenvalue weighted by atomic mass is 35.5. The number of halogens is 1. The van der Waals surface area contributed by atoms with Crippen molar-refractivity contribution in [1.29, 1.82) is 0 Å². The molecule has 3 atom stereocenters. The lowest BCUT2D eigenvalue weighted by Crippen LogP contribution is -2.42. The van der Waals surface area contributed by atoms with Crippen LogP contribution in [0.25, 0.3) is 0 Å². The second kappa shape index (κ2) is 6.76. The van der Waals surface area contributed by atoms with E-state index in [1.54, 1.807) is 0 Å². The minimum absolute atomic E-state index is 0.666. The quantitative estimate of drug-likeness (QED) is 0.827. The zero-order valence-electron chi connectivity index (χ0n) is 12.3. The van der Waals surface area contributed by atoms with Crippen LogP contribution < -0.4 is 5.32 Å². The SMILES string of the molecule is CC1CCC(C(C)C)C(NCc2ccc(Cl)cc2)C1. The predicted octanol–water partition coefficient (Wildman–Crippen LogP) is 4.89. The van der Waals surface area contributed by atoms with Crippen LogP contribution in [0.1, 0.15) is 45.6 Å². The molecule has 1 aromatic carbocycles. The molecule has 0 saturated heterocycles. The Kier molecular flexibility index (Phi) is 5.29. The molecule has 0 radical (unpaired) electrons. The summed E-state index contributed by atoms with van der Waals surface area (Å²) in [7, 11) is 0. The van der Waals surface area contributed by atoms with Crippen molar-refractivity contribution >= 4 is 11.6 Å². The predicted molar refractivity (Wildman–Crippen MR) is 83.4 cm³/mol. The molecule has 0 aromatic heterocycles. The lowest BCUT2D eigenvalue weighted by Gasteiger charge is -2.38. The Morgan fingerprint density at radius 3 is 2.53 bits per heavy atom. The van der Waals surface area contributed by atoms with Crippen molar-refractivity contribution < 1.29 is 0 Å². The van der Waals surface area contributed by atoms with Gasteiger partial charge in [-0.05, 0) is 48.3 Å². The highest BCUT2D eigenvalue weighted by Gasteiger charge is 2.30. The number of hydrogen-bond acceptors (Lipinski definition) is 1. The van der Waals surface area contributed by atoms with Crippen molar-refractivity contribution in [2.75, 3.05) is 0 Å². The summed E-state index contributed by atoms with van der Waals surface area (Å²) in [6, 6.07) is 8.85. The Morgan fingerprint density at radius 2 is 1.89 bits per heavy atom. The lowest BCUT2D eigenvalue weighted by atomic mass is 9.74. The molecule has 1 fully saturated rings. The maximum atomic E-state index is 5.92. The van der Waals surface area contributed by atoms with E-state index in [1.807, 2.05) is 12.1 Å². The van der Waals surface area contributed by atoms with Gasteiger partial charge >= 0.3 is 0 Å². The Balaban J connectivity index is 1.93. The van der Waals surface area contributed by atoms with Gasteiger partial charge in [0.25, 0.3) is 0 Å². The summed E-state index contributed by atoms with van der Waals surface area (Å²) in [5, 5.41) is 4.59. The van der Waals surface area contributed by atoms with E-state index in [4.69, 9.17) is 11.6 Å². The average molecular weight is 280 g/mol. The molecule has 1 aromatic rings. The van der Waals surface area contributed by atoms with Crippen LogP contribution in [0.15, 0.2) is 24.3 Å². The third-order valence-electron chi connectivity index (χ3n) is 4.50. The van der Waals surface area contributed by atoms with Gasteiger partial charge in [-0.3, -0.25) is 0 Å². The summed E-state index contributed by atoms with van der Waals surface area (Å²) in [6.45, 7) is 8.06. The molecule has 2 heteroatoms. The van der Waals surface area contributed by atoms with Crippen LogP contribution in [-0.2, 0) is 6.54 Å². The summed E-state index contributed by atoms with van der Waals surface area (Å²) in [6.07, 6.45) is 4.08. The van der Waals surface area contributed by atoms with Crippen LogP contribution in [-0.4, -0.2) is 6.04 Å². The Bertz CT molecular complexity index is 385. The molecule has 3 unspecified atom stereocenters. The minimum Gasteiger partial charge on any atom is -0.310 e. The molecular formula is C17H26ClN. The van der Waals surface area contributed by atoms with Crippen molar-refractivity contribution in [2.45, 2.75) is 52.6 Å². The number of nitrogens with one attached hydrogen (secondary N) is 1. The van der Waals surface area contributed by atoms with Crippen LogP contribution in [0.3, 0.4) is 0 Å². The molecule has 1 N–H and O–H groups in total. The molecule has 0 spiro atoms. The van der Waals surface area contributed by atoms with Gasteiger partial charge in [0, 0.05) is 17.6 Å². The highest BCUT2D eigenvalue weighted by molar-refractivity contribution is 6.30.